The lowest BCUT2D eigenvalue weighted by molar-refractivity contribution is -0.172. The van der Waals surface area contributed by atoms with Gasteiger partial charge in [0.05, 0.1) is 29.0 Å². The van der Waals surface area contributed by atoms with Crippen molar-refractivity contribution < 1.29 is 24.2 Å². The number of likely N-dealkylation sites (N-methyl/N-ethyl adjacent to an activating group) is 1. The minimum Gasteiger partial charge on any atom is -0.458 e. The Bertz CT molecular complexity index is 1570. The number of rotatable bonds is 2. The smallest absolute Gasteiger partial charge is 0.415 e. The van der Waals surface area contributed by atoms with Gasteiger partial charge >= 0.3 is 12.1 Å². The highest BCUT2D eigenvalue weighted by Gasteiger charge is 2.45. The molecule has 1 saturated heterocycles. The van der Waals surface area contributed by atoms with Crippen molar-refractivity contribution in [3.05, 3.63) is 57.4 Å². The predicted octanol–water partition coefficient (Wildman–Crippen LogP) is 2.60. The van der Waals surface area contributed by atoms with Gasteiger partial charge in [-0.05, 0) is 57.6 Å². The number of benzene rings is 1. The van der Waals surface area contributed by atoms with Gasteiger partial charge in [-0.2, -0.15) is 0 Å². The second-order valence-corrected chi connectivity index (χ2v) is 10.6. The maximum atomic E-state index is 13.3. The van der Waals surface area contributed by atoms with Gasteiger partial charge < -0.3 is 24.0 Å². The van der Waals surface area contributed by atoms with Crippen LogP contribution in [0.3, 0.4) is 0 Å². The summed E-state index contributed by atoms with van der Waals surface area (Å²) in [7, 11) is 2.05. The van der Waals surface area contributed by atoms with Gasteiger partial charge in [0.15, 0.2) is 5.60 Å². The van der Waals surface area contributed by atoms with Gasteiger partial charge in [-0.15, -0.1) is 0 Å². The van der Waals surface area contributed by atoms with Crippen molar-refractivity contribution >= 4 is 23.0 Å². The summed E-state index contributed by atoms with van der Waals surface area (Å²) < 4.78 is 12.5. The van der Waals surface area contributed by atoms with Crippen LogP contribution in [0.2, 0.25) is 0 Å². The molecule has 10 heteroatoms. The number of aromatic nitrogens is 2. The van der Waals surface area contributed by atoms with Crippen molar-refractivity contribution in [2.75, 3.05) is 20.1 Å². The van der Waals surface area contributed by atoms with Crippen LogP contribution in [0.25, 0.3) is 22.3 Å². The number of fused-ring (bicyclic) bond motifs is 5. The van der Waals surface area contributed by atoms with Crippen molar-refractivity contribution in [1.82, 2.24) is 19.4 Å². The molecule has 0 aliphatic carbocycles. The molecule has 198 valence electrons. The highest BCUT2D eigenvalue weighted by atomic mass is 16.6. The molecule has 1 amide bonds. The van der Waals surface area contributed by atoms with Crippen molar-refractivity contribution in [2.45, 2.75) is 58.0 Å². The van der Waals surface area contributed by atoms with Gasteiger partial charge in [0, 0.05) is 41.7 Å². The summed E-state index contributed by atoms with van der Waals surface area (Å²) in [6.45, 7) is 7.29. The lowest BCUT2D eigenvalue weighted by Gasteiger charge is -2.41. The molecular weight excluding hydrogens is 488 g/mol. The summed E-state index contributed by atoms with van der Waals surface area (Å²) >= 11 is 0. The Morgan fingerprint density at radius 3 is 2.74 bits per heavy atom. The lowest BCUT2D eigenvalue weighted by atomic mass is 9.86. The third-order valence-corrected chi connectivity index (χ3v) is 8.22. The molecule has 2 aromatic heterocycles. The minimum absolute atomic E-state index is 0.0443. The molecule has 0 saturated carbocycles. The Labute approximate surface area is 219 Å². The summed E-state index contributed by atoms with van der Waals surface area (Å²) in [6, 6.07) is 9.20. The highest BCUT2D eigenvalue weighted by Crippen LogP contribution is 2.39. The first-order valence-corrected chi connectivity index (χ1v) is 12.9. The second-order valence-electron chi connectivity index (χ2n) is 10.6. The van der Waals surface area contributed by atoms with E-state index in [-0.39, 0.29) is 47.9 Å². The van der Waals surface area contributed by atoms with Crippen molar-refractivity contribution in [3.63, 3.8) is 0 Å². The van der Waals surface area contributed by atoms with Crippen LogP contribution in [0.4, 0.5) is 4.79 Å². The molecule has 0 bridgehead atoms. The van der Waals surface area contributed by atoms with E-state index in [2.05, 4.69) is 18.9 Å². The average molecular weight is 519 g/mol. The monoisotopic (exact) mass is 518 g/mol. The topological polar surface area (TPSA) is 114 Å². The van der Waals surface area contributed by atoms with Crippen LogP contribution in [0.15, 0.2) is 35.1 Å². The molecule has 6 rings (SSSR count). The Morgan fingerprint density at radius 1 is 1.18 bits per heavy atom. The average Bonchev–Trinajstić information content (AvgIpc) is 3.25. The number of carbonyl (C=O) groups is 2. The Hall–Kier alpha value is -3.76. The van der Waals surface area contributed by atoms with E-state index in [9.17, 15) is 19.5 Å². The first-order chi connectivity index (χ1) is 18.1. The van der Waals surface area contributed by atoms with Gasteiger partial charge in [-0.25, -0.2) is 14.6 Å². The second kappa shape index (κ2) is 8.64. The molecule has 3 atom stereocenters. The normalized spacial score (nSPS) is 24.6. The molecule has 3 aliphatic heterocycles. The molecule has 10 nitrogen and oxygen atoms in total. The van der Waals surface area contributed by atoms with Gasteiger partial charge in [0.25, 0.3) is 5.56 Å². The number of piperazine rings is 1. The third kappa shape index (κ3) is 3.62. The van der Waals surface area contributed by atoms with E-state index in [1.807, 2.05) is 13.0 Å². The van der Waals surface area contributed by atoms with E-state index in [0.717, 1.165) is 17.5 Å². The number of esters is 1. The minimum atomic E-state index is -1.86. The van der Waals surface area contributed by atoms with Crippen LogP contribution in [-0.2, 0) is 28.3 Å². The first-order valence-electron chi connectivity index (χ1n) is 12.9. The first kappa shape index (κ1) is 24.6. The van der Waals surface area contributed by atoms with Crippen LogP contribution < -0.4 is 10.3 Å². The van der Waals surface area contributed by atoms with Gasteiger partial charge in [-0.1, -0.05) is 6.92 Å². The number of aliphatic hydroxyl groups is 1. The van der Waals surface area contributed by atoms with E-state index >= 15 is 0 Å². The molecule has 38 heavy (non-hydrogen) atoms. The SMILES string of the molecule is CCC1(O)C(=O)OCc2c1cc1n(c2=O)Cc2cc3cc(OC(=O)N4C[C@H](C)N(C)C[C@H]4C)ccc3nc2-1. The highest BCUT2D eigenvalue weighted by molar-refractivity contribution is 5.87. The van der Waals surface area contributed by atoms with E-state index < -0.39 is 11.6 Å². The van der Waals surface area contributed by atoms with Crippen LogP contribution in [0.1, 0.15) is 43.9 Å². The molecule has 3 aliphatic rings. The summed E-state index contributed by atoms with van der Waals surface area (Å²) in [6.07, 6.45) is -0.289. The molecule has 1 aromatic carbocycles. The zero-order chi connectivity index (χ0) is 26.9. The number of nitrogens with zero attached hydrogens (tertiary/aromatic N) is 4. The van der Waals surface area contributed by atoms with Crippen LogP contribution in [0, 0.1) is 0 Å². The maximum absolute atomic E-state index is 13.3. The summed E-state index contributed by atoms with van der Waals surface area (Å²) in [4.78, 5) is 47.4. The fourth-order valence-electron chi connectivity index (χ4n) is 5.74. The van der Waals surface area contributed by atoms with Crippen molar-refractivity contribution in [3.8, 4) is 17.1 Å². The summed E-state index contributed by atoms with van der Waals surface area (Å²) in [5.74, 6) is -0.320. The van der Waals surface area contributed by atoms with Gasteiger partial charge in [-0.3, -0.25) is 9.69 Å². The molecule has 1 N–H and O–H groups in total. The Morgan fingerprint density at radius 2 is 1.97 bits per heavy atom. The Balaban J connectivity index is 1.34. The maximum Gasteiger partial charge on any atom is 0.415 e. The van der Waals surface area contributed by atoms with Crippen molar-refractivity contribution in [2.24, 2.45) is 0 Å². The van der Waals surface area contributed by atoms with Gasteiger partial charge in [0.1, 0.15) is 12.4 Å². The summed E-state index contributed by atoms with van der Waals surface area (Å²) in [5, 5.41) is 11.8. The molecule has 1 unspecified atom stereocenters. The molecule has 1 fully saturated rings. The van der Waals surface area contributed by atoms with Crippen LogP contribution >= 0.6 is 0 Å². The van der Waals surface area contributed by atoms with E-state index in [4.69, 9.17) is 14.5 Å². The third-order valence-electron chi connectivity index (χ3n) is 8.22. The predicted molar refractivity (Wildman–Crippen MR) is 139 cm³/mol. The molecule has 0 spiro atoms. The zero-order valence-electron chi connectivity index (χ0n) is 21.9. The standard InChI is InChI=1S/C28H30N4O6/c1-5-28(36)21-10-23-24-18(13-32(23)25(33)20(21)14-37-26(28)34)8-17-9-19(6-7-22(17)29-24)38-27(35)31-12-15(2)30(4)11-16(31)3/h6-10,15-16,36H,5,11-14H2,1-4H3/t15-,16+,28?/m0/s1. The van der Waals surface area contributed by atoms with Gasteiger partial charge in [0.2, 0.25) is 0 Å². The number of cyclic esters (lactones) is 1. The molecule has 5 heterocycles. The van der Waals surface area contributed by atoms with Crippen LogP contribution in [-0.4, -0.2) is 68.7 Å². The summed E-state index contributed by atoms with van der Waals surface area (Å²) in [5.41, 5.74) is 1.10. The number of ether oxygens (including phenoxy) is 2. The number of hydrogen-bond acceptors (Lipinski definition) is 8. The van der Waals surface area contributed by atoms with E-state index in [1.165, 1.54) is 0 Å². The zero-order valence-corrected chi connectivity index (χ0v) is 21.9. The number of pyridine rings is 2. The molecular formula is C28H30N4O6. The van der Waals surface area contributed by atoms with Crippen molar-refractivity contribution in [1.29, 1.82) is 0 Å². The van der Waals surface area contributed by atoms with E-state index in [0.29, 0.717) is 35.7 Å². The molecule has 0 radical (unpaired) electrons. The fourth-order valence-corrected chi connectivity index (χ4v) is 5.74. The largest absolute Gasteiger partial charge is 0.458 e. The number of carbonyl (C=O) groups excluding carboxylic acids is 2. The number of amides is 1. The van der Waals surface area contributed by atoms with Crippen LogP contribution in [0.5, 0.6) is 5.75 Å². The van der Waals surface area contributed by atoms with E-state index in [1.54, 1.807) is 40.7 Å². The lowest BCUT2D eigenvalue weighted by Crippen LogP contribution is -2.57. The fraction of sp³-hybridized carbons (Fsp3) is 0.429. The quantitative estimate of drug-likeness (QED) is 0.403. The Kier molecular flexibility index (Phi) is 5.59. The number of hydrogen-bond donors (Lipinski definition) is 1. The molecule has 3 aromatic rings.